The minimum atomic E-state index is -3.56. The average Bonchev–Trinajstić information content (AvgIpc) is 2.65. The Morgan fingerprint density at radius 2 is 2.18 bits per heavy atom. The fourth-order valence-corrected chi connectivity index (χ4v) is 2.68. The number of anilines is 1. The quantitative estimate of drug-likeness (QED) is 0.942. The van der Waals surface area contributed by atoms with Crippen LogP contribution in [0.5, 0.6) is 0 Å². The Kier molecular flexibility index (Phi) is 3.21. The summed E-state index contributed by atoms with van der Waals surface area (Å²) in [7, 11) is -1.80. The molecular formula is C10H10BrN3O2S. The molecule has 1 N–H and O–H groups in total. The highest BCUT2D eigenvalue weighted by atomic mass is 79.9. The fraction of sp³-hybridized carbons (Fsp3) is 0.100. The second-order valence-electron chi connectivity index (χ2n) is 3.48. The van der Waals surface area contributed by atoms with Crippen LogP contribution in [0.1, 0.15) is 0 Å². The third-order valence-corrected chi connectivity index (χ3v) is 3.91. The Bertz CT molecular complexity index is 637. The minimum absolute atomic E-state index is 0.210. The maximum atomic E-state index is 11.9. The highest BCUT2D eigenvalue weighted by Gasteiger charge is 2.15. The van der Waals surface area contributed by atoms with Gasteiger partial charge in [-0.1, -0.05) is 15.9 Å². The van der Waals surface area contributed by atoms with Gasteiger partial charge in [-0.3, -0.25) is 4.72 Å². The molecule has 0 unspecified atom stereocenters. The van der Waals surface area contributed by atoms with Crippen molar-refractivity contribution in [2.45, 2.75) is 4.90 Å². The topological polar surface area (TPSA) is 64.0 Å². The summed E-state index contributed by atoms with van der Waals surface area (Å²) in [6, 6.07) is 4.85. The summed E-state index contributed by atoms with van der Waals surface area (Å²) >= 11 is 3.25. The third kappa shape index (κ3) is 2.86. The molecule has 0 amide bonds. The van der Waals surface area contributed by atoms with Crippen LogP contribution in [0, 0.1) is 0 Å². The Morgan fingerprint density at radius 1 is 1.41 bits per heavy atom. The molecule has 17 heavy (non-hydrogen) atoms. The number of nitrogens with zero attached hydrogens (tertiary/aromatic N) is 2. The summed E-state index contributed by atoms with van der Waals surface area (Å²) < 4.78 is 28.7. The largest absolute Gasteiger partial charge is 0.356 e. The van der Waals surface area contributed by atoms with Crippen molar-refractivity contribution in [2.75, 3.05) is 4.72 Å². The number of halogens is 1. The van der Waals surface area contributed by atoms with Gasteiger partial charge < -0.3 is 4.57 Å². The van der Waals surface area contributed by atoms with Gasteiger partial charge in [0, 0.05) is 30.1 Å². The van der Waals surface area contributed by atoms with E-state index >= 15 is 0 Å². The van der Waals surface area contributed by atoms with E-state index in [-0.39, 0.29) is 10.7 Å². The van der Waals surface area contributed by atoms with Crippen LogP contribution >= 0.6 is 15.9 Å². The van der Waals surface area contributed by atoms with E-state index in [4.69, 9.17) is 0 Å². The summed E-state index contributed by atoms with van der Waals surface area (Å²) in [5.41, 5.74) is 0. The monoisotopic (exact) mass is 315 g/mol. The van der Waals surface area contributed by atoms with E-state index in [1.807, 2.05) is 0 Å². The molecule has 0 aliphatic carbocycles. The molecule has 0 fully saturated rings. The predicted molar refractivity (Wildman–Crippen MR) is 68.2 cm³/mol. The fourth-order valence-electron chi connectivity index (χ4n) is 1.29. The molecule has 5 nitrogen and oxygen atoms in total. The zero-order chi connectivity index (χ0) is 12.5. The first-order valence-electron chi connectivity index (χ1n) is 4.74. The molecule has 7 heteroatoms. The van der Waals surface area contributed by atoms with Crippen LogP contribution in [0.4, 0.5) is 5.82 Å². The van der Waals surface area contributed by atoms with Gasteiger partial charge >= 0.3 is 0 Å². The van der Waals surface area contributed by atoms with E-state index < -0.39 is 10.0 Å². The van der Waals surface area contributed by atoms with Crippen molar-refractivity contribution in [1.82, 2.24) is 9.55 Å². The van der Waals surface area contributed by atoms with Gasteiger partial charge in [0.15, 0.2) is 0 Å². The minimum Gasteiger partial charge on any atom is -0.356 e. The Labute approximate surface area is 108 Å². The molecule has 2 aromatic heterocycles. The van der Waals surface area contributed by atoms with Gasteiger partial charge in [0.1, 0.15) is 10.7 Å². The first-order valence-corrected chi connectivity index (χ1v) is 7.01. The standard InChI is InChI=1S/C10H10BrN3O2S/c1-14-5-3-9(7-14)17(15,16)13-10-6-8(11)2-4-12-10/h2-7H,1H3,(H,12,13). The van der Waals surface area contributed by atoms with Gasteiger partial charge in [-0.2, -0.15) is 0 Å². The van der Waals surface area contributed by atoms with Crippen molar-refractivity contribution >= 4 is 31.8 Å². The zero-order valence-electron chi connectivity index (χ0n) is 8.96. The summed E-state index contributed by atoms with van der Waals surface area (Å²) in [6.45, 7) is 0. The summed E-state index contributed by atoms with van der Waals surface area (Å²) in [4.78, 5) is 4.14. The molecule has 0 aliphatic heterocycles. The normalized spacial score (nSPS) is 11.4. The lowest BCUT2D eigenvalue weighted by molar-refractivity contribution is 0.601. The molecule has 0 saturated heterocycles. The van der Waals surface area contributed by atoms with Crippen LogP contribution in [0.25, 0.3) is 0 Å². The van der Waals surface area contributed by atoms with E-state index in [0.717, 1.165) is 4.47 Å². The summed E-state index contributed by atoms with van der Waals surface area (Å²) in [5.74, 6) is 0.281. The van der Waals surface area contributed by atoms with Gasteiger partial charge in [0.25, 0.3) is 10.0 Å². The highest BCUT2D eigenvalue weighted by molar-refractivity contribution is 9.10. The van der Waals surface area contributed by atoms with Crippen molar-refractivity contribution in [3.63, 3.8) is 0 Å². The van der Waals surface area contributed by atoms with Crippen LogP contribution in [0.3, 0.4) is 0 Å². The van der Waals surface area contributed by atoms with Crippen molar-refractivity contribution < 1.29 is 8.42 Å². The van der Waals surface area contributed by atoms with Crippen molar-refractivity contribution in [3.8, 4) is 0 Å². The summed E-state index contributed by atoms with van der Waals surface area (Å²) in [6.07, 6.45) is 4.72. The number of aromatic nitrogens is 2. The van der Waals surface area contributed by atoms with E-state index in [0.29, 0.717) is 0 Å². The van der Waals surface area contributed by atoms with Crippen LogP contribution in [0.2, 0.25) is 0 Å². The Morgan fingerprint density at radius 3 is 2.76 bits per heavy atom. The lowest BCUT2D eigenvalue weighted by Crippen LogP contribution is -2.13. The SMILES string of the molecule is Cn1ccc(S(=O)(=O)Nc2cc(Br)ccn2)c1. The van der Waals surface area contributed by atoms with E-state index in [1.54, 1.807) is 29.9 Å². The molecule has 0 aromatic carbocycles. The molecule has 0 saturated carbocycles. The van der Waals surface area contributed by atoms with Gasteiger partial charge in [0.05, 0.1) is 0 Å². The molecule has 90 valence electrons. The summed E-state index contributed by atoms with van der Waals surface area (Å²) in [5, 5.41) is 0. The lowest BCUT2D eigenvalue weighted by atomic mass is 10.5. The molecule has 2 heterocycles. The van der Waals surface area contributed by atoms with Gasteiger partial charge in [-0.15, -0.1) is 0 Å². The van der Waals surface area contributed by atoms with Crippen molar-refractivity contribution in [2.24, 2.45) is 7.05 Å². The molecule has 2 aromatic rings. The van der Waals surface area contributed by atoms with Gasteiger partial charge in [0.2, 0.25) is 0 Å². The number of pyridine rings is 1. The highest BCUT2D eigenvalue weighted by Crippen LogP contribution is 2.17. The van der Waals surface area contributed by atoms with Crippen LogP contribution in [-0.2, 0) is 17.1 Å². The molecule has 0 atom stereocenters. The van der Waals surface area contributed by atoms with Crippen molar-refractivity contribution in [1.29, 1.82) is 0 Å². The maximum absolute atomic E-state index is 11.9. The number of hydrogen-bond acceptors (Lipinski definition) is 3. The van der Waals surface area contributed by atoms with Crippen LogP contribution in [0.15, 0.2) is 46.2 Å². The van der Waals surface area contributed by atoms with E-state index in [1.165, 1.54) is 18.5 Å². The third-order valence-electron chi connectivity index (χ3n) is 2.08. The first-order chi connectivity index (χ1) is 7.97. The number of aryl methyl sites for hydroxylation is 1. The van der Waals surface area contributed by atoms with Gasteiger partial charge in [-0.05, 0) is 18.2 Å². The van der Waals surface area contributed by atoms with Gasteiger partial charge in [-0.25, -0.2) is 13.4 Å². The zero-order valence-corrected chi connectivity index (χ0v) is 11.4. The second kappa shape index (κ2) is 4.50. The first kappa shape index (κ1) is 12.1. The number of sulfonamides is 1. The molecular weight excluding hydrogens is 306 g/mol. The predicted octanol–water partition coefficient (Wildman–Crippen LogP) is 1.98. The number of rotatable bonds is 3. The molecule has 0 radical (unpaired) electrons. The second-order valence-corrected chi connectivity index (χ2v) is 6.08. The maximum Gasteiger partial charge on any atom is 0.264 e. The Hall–Kier alpha value is -1.34. The molecule has 2 rings (SSSR count). The van der Waals surface area contributed by atoms with Crippen LogP contribution < -0.4 is 4.72 Å². The Balaban J connectivity index is 2.29. The van der Waals surface area contributed by atoms with Crippen molar-refractivity contribution in [3.05, 3.63) is 41.3 Å². The molecule has 0 aliphatic rings. The van der Waals surface area contributed by atoms with E-state index in [2.05, 4.69) is 25.6 Å². The molecule has 0 spiro atoms. The molecule has 0 bridgehead atoms. The lowest BCUT2D eigenvalue weighted by Gasteiger charge is -2.05. The smallest absolute Gasteiger partial charge is 0.264 e. The van der Waals surface area contributed by atoms with E-state index in [9.17, 15) is 8.42 Å². The number of nitrogens with one attached hydrogen (secondary N) is 1. The van der Waals surface area contributed by atoms with Crippen LogP contribution in [-0.4, -0.2) is 18.0 Å². The number of hydrogen-bond donors (Lipinski definition) is 1. The average molecular weight is 316 g/mol.